The van der Waals surface area contributed by atoms with Gasteiger partial charge in [-0.2, -0.15) is 0 Å². The molecule has 0 aromatic heterocycles. The number of Topliss-reactive ketones (excluding diaryl/α,β-unsaturated/α-hetero) is 1. The van der Waals surface area contributed by atoms with Crippen molar-refractivity contribution in [1.29, 1.82) is 0 Å². The van der Waals surface area contributed by atoms with Gasteiger partial charge in [0.1, 0.15) is 0 Å². The Bertz CT molecular complexity index is 432. The van der Waals surface area contributed by atoms with Crippen LogP contribution in [-0.4, -0.2) is 18.4 Å². The molecule has 1 aromatic rings. The van der Waals surface area contributed by atoms with E-state index in [9.17, 15) is 4.79 Å². The molecular formula is C20H31NO. The molecule has 1 heterocycles. The summed E-state index contributed by atoms with van der Waals surface area (Å²) in [5, 5.41) is 3.40. The Hall–Kier alpha value is -1.15. The summed E-state index contributed by atoms with van der Waals surface area (Å²) in [7, 11) is 0. The molecule has 0 radical (unpaired) electrons. The van der Waals surface area contributed by atoms with E-state index in [2.05, 4.69) is 24.4 Å². The van der Waals surface area contributed by atoms with E-state index in [-0.39, 0.29) is 5.78 Å². The average Bonchev–Trinajstić information content (AvgIpc) is 3.04. The van der Waals surface area contributed by atoms with Gasteiger partial charge in [0.05, 0.1) is 0 Å². The molecule has 1 atom stereocenters. The van der Waals surface area contributed by atoms with E-state index in [1.165, 1.54) is 50.5 Å². The lowest BCUT2D eigenvalue weighted by Crippen LogP contribution is -2.24. The van der Waals surface area contributed by atoms with E-state index >= 15 is 0 Å². The zero-order chi connectivity index (χ0) is 15.6. The number of nitrogens with one attached hydrogen (secondary N) is 1. The lowest BCUT2D eigenvalue weighted by Gasteiger charge is -2.09. The summed E-state index contributed by atoms with van der Waals surface area (Å²) >= 11 is 0. The number of carbonyl (C=O) groups excluding carboxylic acids is 1. The topological polar surface area (TPSA) is 29.1 Å². The monoisotopic (exact) mass is 301 g/mol. The Morgan fingerprint density at radius 1 is 1.09 bits per heavy atom. The largest absolute Gasteiger partial charge is 0.314 e. The van der Waals surface area contributed by atoms with Gasteiger partial charge in [-0.15, -0.1) is 0 Å². The van der Waals surface area contributed by atoms with Crippen LogP contribution >= 0.6 is 0 Å². The molecule has 0 saturated carbocycles. The van der Waals surface area contributed by atoms with Gasteiger partial charge in [-0.25, -0.2) is 0 Å². The van der Waals surface area contributed by atoms with Crippen molar-refractivity contribution in [3.63, 3.8) is 0 Å². The van der Waals surface area contributed by atoms with Crippen molar-refractivity contribution in [2.45, 2.75) is 77.2 Å². The molecule has 1 aliphatic heterocycles. The van der Waals surface area contributed by atoms with Gasteiger partial charge in [0.2, 0.25) is 0 Å². The highest BCUT2D eigenvalue weighted by Crippen LogP contribution is 2.15. The van der Waals surface area contributed by atoms with E-state index < -0.39 is 0 Å². The van der Waals surface area contributed by atoms with Crippen LogP contribution in [0.25, 0.3) is 0 Å². The first-order valence-electron chi connectivity index (χ1n) is 9.15. The van der Waals surface area contributed by atoms with Gasteiger partial charge in [-0.05, 0) is 37.8 Å². The minimum absolute atomic E-state index is 0.283. The fraction of sp³-hybridized carbons (Fsp3) is 0.650. The van der Waals surface area contributed by atoms with Crippen LogP contribution in [0.5, 0.6) is 0 Å². The Kier molecular flexibility index (Phi) is 7.65. The van der Waals surface area contributed by atoms with Gasteiger partial charge >= 0.3 is 0 Å². The van der Waals surface area contributed by atoms with Crippen LogP contribution in [0.1, 0.15) is 80.6 Å². The number of hydrogen-bond acceptors (Lipinski definition) is 2. The third-order valence-electron chi connectivity index (χ3n) is 4.69. The first-order valence-corrected chi connectivity index (χ1v) is 9.15. The first kappa shape index (κ1) is 17.2. The normalized spacial score (nSPS) is 17.8. The van der Waals surface area contributed by atoms with Crippen LogP contribution in [0.3, 0.4) is 0 Å². The molecule has 2 heteroatoms. The quantitative estimate of drug-likeness (QED) is 0.491. The molecule has 2 nitrogen and oxygen atoms in total. The second-order valence-corrected chi connectivity index (χ2v) is 6.64. The van der Waals surface area contributed by atoms with Gasteiger partial charge in [0.15, 0.2) is 5.78 Å². The number of hydrogen-bond donors (Lipinski definition) is 1. The minimum atomic E-state index is 0.283. The molecule has 0 bridgehead atoms. The molecule has 1 saturated heterocycles. The predicted molar refractivity (Wildman–Crippen MR) is 93.5 cm³/mol. The fourth-order valence-corrected chi connectivity index (χ4v) is 3.24. The minimum Gasteiger partial charge on any atom is -0.314 e. The number of unbranched alkanes of at least 4 members (excludes halogenated alkanes) is 5. The van der Waals surface area contributed by atoms with Gasteiger partial charge in [-0.1, -0.05) is 63.3 Å². The second kappa shape index (κ2) is 9.78. The van der Waals surface area contributed by atoms with Gasteiger partial charge in [0.25, 0.3) is 0 Å². The van der Waals surface area contributed by atoms with Gasteiger partial charge in [0, 0.05) is 18.0 Å². The van der Waals surface area contributed by atoms with Crippen LogP contribution in [0, 0.1) is 0 Å². The average molecular weight is 301 g/mol. The van der Waals surface area contributed by atoms with Crippen LogP contribution in [0.2, 0.25) is 0 Å². The van der Waals surface area contributed by atoms with Crippen molar-refractivity contribution in [1.82, 2.24) is 5.32 Å². The summed E-state index contributed by atoms with van der Waals surface area (Å²) in [5.41, 5.74) is 2.24. The first-order chi connectivity index (χ1) is 10.8. The molecule has 0 aliphatic carbocycles. The highest BCUT2D eigenvalue weighted by Gasteiger charge is 2.18. The van der Waals surface area contributed by atoms with Crippen molar-refractivity contribution in [3.8, 4) is 0 Å². The number of rotatable bonds is 10. The Morgan fingerprint density at radius 2 is 1.82 bits per heavy atom. The van der Waals surface area contributed by atoms with Crippen molar-refractivity contribution >= 4 is 5.78 Å². The molecule has 0 amide bonds. The number of ketones is 1. The van der Waals surface area contributed by atoms with Crippen molar-refractivity contribution in [3.05, 3.63) is 35.4 Å². The lowest BCUT2D eigenvalue weighted by atomic mass is 9.99. The summed E-state index contributed by atoms with van der Waals surface area (Å²) in [6, 6.07) is 8.71. The summed E-state index contributed by atoms with van der Waals surface area (Å²) in [6.07, 6.45) is 12.1. The summed E-state index contributed by atoms with van der Waals surface area (Å²) in [6.45, 7) is 3.32. The van der Waals surface area contributed by atoms with E-state index in [0.29, 0.717) is 12.5 Å². The van der Waals surface area contributed by atoms with E-state index in [0.717, 1.165) is 24.9 Å². The molecule has 122 valence electrons. The van der Waals surface area contributed by atoms with Crippen molar-refractivity contribution in [2.24, 2.45) is 0 Å². The molecule has 2 rings (SSSR count). The second-order valence-electron chi connectivity index (χ2n) is 6.64. The smallest absolute Gasteiger partial charge is 0.164 e. The molecule has 1 aliphatic rings. The Balaban J connectivity index is 1.69. The summed E-state index contributed by atoms with van der Waals surface area (Å²) in [4.78, 5) is 12.2. The van der Waals surface area contributed by atoms with Crippen molar-refractivity contribution < 1.29 is 4.79 Å². The van der Waals surface area contributed by atoms with E-state index in [1.807, 2.05) is 12.1 Å². The van der Waals surface area contributed by atoms with Gasteiger partial charge in [-0.3, -0.25) is 4.79 Å². The van der Waals surface area contributed by atoms with E-state index in [1.54, 1.807) is 0 Å². The van der Waals surface area contributed by atoms with Crippen LogP contribution < -0.4 is 5.32 Å². The van der Waals surface area contributed by atoms with Crippen LogP contribution in [0.15, 0.2) is 24.3 Å². The lowest BCUT2D eigenvalue weighted by molar-refractivity contribution is 0.0971. The molecule has 1 fully saturated rings. The van der Waals surface area contributed by atoms with Crippen molar-refractivity contribution in [2.75, 3.05) is 6.54 Å². The number of carbonyl (C=O) groups is 1. The molecule has 0 spiro atoms. The number of aryl methyl sites for hydroxylation is 1. The molecule has 0 unspecified atom stereocenters. The SMILES string of the molecule is CCCCCCCCc1ccc(C(=O)C[C@@H]2CCCN2)cc1. The Morgan fingerprint density at radius 3 is 2.50 bits per heavy atom. The molecule has 1 N–H and O–H groups in total. The molecule has 22 heavy (non-hydrogen) atoms. The van der Waals surface area contributed by atoms with Crippen LogP contribution in [-0.2, 0) is 6.42 Å². The zero-order valence-corrected chi connectivity index (χ0v) is 14.1. The third kappa shape index (κ3) is 5.92. The molecule has 1 aromatic carbocycles. The maximum Gasteiger partial charge on any atom is 0.164 e. The summed E-state index contributed by atoms with van der Waals surface area (Å²) in [5.74, 6) is 0.283. The van der Waals surface area contributed by atoms with Crippen LogP contribution in [0.4, 0.5) is 0 Å². The standard InChI is InChI=1S/C20H31NO/c1-2-3-4-5-6-7-9-17-11-13-18(14-12-17)20(22)16-19-10-8-15-21-19/h11-14,19,21H,2-10,15-16H2,1H3/t19-/m0/s1. The fourth-order valence-electron chi connectivity index (χ4n) is 3.24. The highest BCUT2D eigenvalue weighted by molar-refractivity contribution is 5.96. The molecular weight excluding hydrogens is 270 g/mol. The van der Waals surface area contributed by atoms with E-state index in [4.69, 9.17) is 0 Å². The maximum absolute atomic E-state index is 12.2. The maximum atomic E-state index is 12.2. The summed E-state index contributed by atoms with van der Waals surface area (Å²) < 4.78 is 0. The number of benzene rings is 1. The zero-order valence-electron chi connectivity index (χ0n) is 14.1. The highest BCUT2D eigenvalue weighted by atomic mass is 16.1. The Labute approximate surface area is 135 Å². The third-order valence-corrected chi connectivity index (χ3v) is 4.69. The van der Waals surface area contributed by atoms with Gasteiger partial charge < -0.3 is 5.32 Å². The predicted octanol–water partition coefficient (Wildman–Crippen LogP) is 4.91.